The van der Waals surface area contributed by atoms with Crippen molar-refractivity contribution in [3.05, 3.63) is 10.6 Å². The van der Waals surface area contributed by atoms with E-state index in [4.69, 9.17) is 9.72 Å². The number of fused-ring (bicyclic) bond motifs is 4. The van der Waals surface area contributed by atoms with E-state index in [2.05, 4.69) is 19.2 Å². The maximum atomic E-state index is 12.9. The number of hydrogen-bond donors (Lipinski definition) is 1. The van der Waals surface area contributed by atoms with Crippen LogP contribution in [0.2, 0.25) is 0 Å². The molecule has 0 unspecified atom stereocenters. The summed E-state index contributed by atoms with van der Waals surface area (Å²) in [5.41, 5.74) is 1.15. The Balaban J connectivity index is 1.32. The van der Waals surface area contributed by atoms with Gasteiger partial charge in [-0.05, 0) is 37.5 Å². The molecule has 2 aliphatic carbocycles. The Kier molecular flexibility index (Phi) is 5.34. The zero-order valence-corrected chi connectivity index (χ0v) is 20.2. The Morgan fingerprint density at radius 2 is 1.91 bits per heavy atom. The van der Waals surface area contributed by atoms with Crippen molar-refractivity contribution in [2.24, 2.45) is 29.1 Å². The van der Waals surface area contributed by atoms with Crippen LogP contribution < -0.4 is 5.32 Å². The molecule has 7 nitrogen and oxygen atoms in total. The first kappa shape index (κ1) is 21.9. The van der Waals surface area contributed by atoms with Gasteiger partial charge in [0.25, 0.3) is 0 Å². The van der Waals surface area contributed by atoms with Crippen LogP contribution in [0.4, 0.5) is 5.13 Å². The molecule has 4 aliphatic rings. The summed E-state index contributed by atoms with van der Waals surface area (Å²) in [5.74, 6) is 0.702. The molecule has 1 aromatic rings. The lowest BCUT2D eigenvalue weighted by Crippen LogP contribution is -2.50. The molecule has 0 aromatic carbocycles. The van der Waals surface area contributed by atoms with Gasteiger partial charge in [-0.25, -0.2) is 4.98 Å². The number of thiazole rings is 1. The number of likely N-dealkylation sites (tertiary alicyclic amines) is 1. The number of nitrogens with one attached hydrogen (secondary N) is 1. The normalized spacial score (nSPS) is 36.7. The van der Waals surface area contributed by atoms with Crippen molar-refractivity contribution in [1.82, 2.24) is 9.88 Å². The van der Waals surface area contributed by atoms with Gasteiger partial charge < -0.3 is 15.0 Å². The molecule has 0 spiro atoms. The molecule has 2 saturated heterocycles. The third-order valence-electron chi connectivity index (χ3n) is 8.70. The first-order valence-corrected chi connectivity index (χ1v) is 12.8. The van der Waals surface area contributed by atoms with Crippen molar-refractivity contribution in [3.8, 4) is 0 Å². The van der Waals surface area contributed by atoms with Gasteiger partial charge in [-0.2, -0.15) is 0 Å². The van der Waals surface area contributed by atoms with Gasteiger partial charge in [0.15, 0.2) is 5.13 Å². The van der Waals surface area contributed by atoms with Crippen molar-refractivity contribution < 1.29 is 19.1 Å². The van der Waals surface area contributed by atoms with Gasteiger partial charge in [-0.3, -0.25) is 14.4 Å². The predicted molar refractivity (Wildman–Crippen MR) is 121 cm³/mol. The number of carbonyl (C=O) groups is 3. The number of esters is 1. The van der Waals surface area contributed by atoms with Gasteiger partial charge in [0.2, 0.25) is 11.8 Å². The summed E-state index contributed by atoms with van der Waals surface area (Å²) >= 11 is 1.60. The number of aromatic nitrogens is 1. The first-order chi connectivity index (χ1) is 15.2. The smallest absolute Gasteiger partial charge is 0.309 e. The lowest BCUT2D eigenvalue weighted by atomic mass is 9.54. The molecule has 1 N–H and O–H groups in total. The molecular weight excluding hydrogens is 426 g/mol. The number of piperidine rings is 1. The Morgan fingerprint density at radius 1 is 1.19 bits per heavy atom. The summed E-state index contributed by atoms with van der Waals surface area (Å²) in [6.07, 6.45) is 4.42. The number of amides is 2. The largest absolute Gasteiger partial charge is 0.461 e. The van der Waals surface area contributed by atoms with E-state index in [0.717, 1.165) is 25.0 Å². The van der Waals surface area contributed by atoms with E-state index < -0.39 is 0 Å². The summed E-state index contributed by atoms with van der Waals surface area (Å²) < 4.78 is 5.91. The van der Waals surface area contributed by atoms with E-state index in [1.807, 2.05) is 6.92 Å². The van der Waals surface area contributed by atoms with Crippen LogP contribution in [0.5, 0.6) is 0 Å². The number of nitrogens with zero attached hydrogens (tertiary/aromatic N) is 2. The molecule has 174 valence electrons. The van der Waals surface area contributed by atoms with Gasteiger partial charge in [-0.15, -0.1) is 11.3 Å². The third kappa shape index (κ3) is 3.45. The Labute approximate surface area is 193 Å². The fourth-order valence-electron chi connectivity index (χ4n) is 6.80. The average molecular weight is 460 g/mol. The molecular formula is C24H33N3O4S. The zero-order chi connectivity index (χ0) is 22.8. The standard InChI is InChI=1S/C24H33N3O4S/c1-12-16-5-8-24(4)11-17-19(13(2)18(24)20(16)31-22(12)30)25-23(32-17)26-21(29)15-6-9-27(10-7-15)14(3)28/h12-13,15-16,18,20H,5-11H2,1-4H3,(H,25,26,29)/t12-,13+,16-,18+,20+,24+/m0/s1. The highest BCUT2D eigenvalue weighted by Gasteiger charge is 2.58. The lowest BCUT2D eigenvalue weighted by Gasteiger charge is -2.51. The molecule has 6 atom stereocenters. The van der Waals surface area contributed by atoms with Gasteiger partial charge in [0.05, 0.1) is 11.6 Å². The highest BCUT2D eigenvalue weighted by Crippen LogP contribution is 2.59. The minimum Gasteiger partial charge on any atom is -0.461 e. The van der Waals surface area contributed by atoms with Crippen molar-refractivity contribution >= 4 is 34.3 Å². The van der Waals surface area contributed by atoms with Crippen LogP contribution in [0.15, 0.2) is 0 Å². The van der Waals surface area contributed by atoms with Crippen LogP contribution in [-0.4, -0.2) is 46.9 Å². The summed E-state index contributed by atoms with van der Waals surface area (Å²) in [7, 11) is 0. The highest BCUT2D eigenvalue weighted by molar-refractivity contribution is 7.15. The van der Waals surface area contributed by atoms with E-state index in [0.29, 0.717) is 37.0 Å². The summed E-state index contributed by atoms with van der Waals surface area (Å²) in [6, 6.07) is 0. The van der Waals surface area contributed by atoms with E-state index in [-0.39, 0.29) is 53.0 Å². The van der Waals surface area contributed by atoms with Gasteiger partial charge in [0.1, 0.15) is 6.10 Å². The molecule has 2 aliphatic heterocycles. The second-order valence-electron chi connectivity index (χ2n) is 10.6. The molecule has 2 amide bonds. The predicted octanol–water partition coefficient (Wildman–Crippen LogP) is 3.59. The number of anilines is 1. The summed E-state index contributed by atoms with van der Waals surface area (Å²) in [5, 5.41) is 3.74. The Hall–Kier alpha value is -1.96. The van der Waals surface area contributed by atoms with Crippen molar-refractivity contribution in [2.45, 2.75) is 71.8 Å². The van der Waals surface area contributed by atoms with Crippen molar-refractivity contribution in [1.29, 1.82) is 0 Å². The summed E-state index contributed by atoms with van der Waals surface area (Å²) in [4.78, 5) is 44.6. The van der Waals surface area contributed by atoms with E-state index in [1.165, 1.54) is 4.88 Å². The molecule has 1 aromatic heterocycles. The molecule has 1 saturated carbocycles. The Bertz CT molecular complexity index is 953. The fraction of sp³-hybridized carbons (Fsp3) is 0.750. The third-order valence-corrected chi connectivity index (χ3v) is 9.69. The average Bonchev–Trinajstić information content (AvgIpc) is 3.27. The van der Waals surface area contributed by atoms with E-state index >= 15 is 0 Å². The van der Waals surface area contributed by atoms with Crippen LogP contribution in [0.25, 0.3) is 0 Å². The molecule has 8 heteroatoms. The second-order valence-corrected chi connectivity index (χ2v) is 11.7. The van der Waals surface area contributed by atoms with Crippen LogP contribution >= 0.6 is 11.3 Å². The Morgan fingerprint density at radius 3 is 2.59 bits per heavy atom. The van der Waals surface area contributed by atoms with Crippen LogP contribution in [0, 0.1) is 29.1 Å². The quantitative estimate of drug-likeness (QED) is 0.683. The lowest BCUT2D eigenvalue weighted by molar-refractivity contribution is -0.149. The van der Waals surface area contributed by atoms with Gasteiger partial charge in [-0.1, -0.05) is 20.8 Å². The zero-order valence-electron chi connectivity index (χ0n) is 19.3. The molecule has 5 rings (SSSR count). The number of ether oxygens (including phenoxy) is 1. The molecule has 3 fully saturated rings. The van der Waals surface area contributed by atoms with Crippen molar-refractivity contribution in [2.75, 3.05) is 18.4 Å². The fourth-order valence-corrected chi connectivity index (χ4v) is 8.06. The molecule has 0 bridgehead atoms. The van der Waals surface area contributed by atoms with E-state index in [1.54, 1.807) is 23.2 Å². The van der Waals surface area contributed by atoms with Gasteiger partial charge >= 0.3 is 5.97 Å². The first-order valence-electron chi connectivity index (χ1n) is 11.9. The van der Waals surface area contributed by atoms with Gasteiger partial charge in [0, 0.05) is 48.6 Å². The molecule has 3 heterocycles. The topological polar surface area (TPSA) is 88.6 Å². The van der Waals surface area contributed by atoms with Crippen LogP contribution in [-0.2, 0) is 25.5 Å². The summed E-state index contributed by atoms with van der Waals surface area (Å²) in [6.45, 7) is 9.41. The number of carbonyl (C=O) groups excluding carboxylic acids is 3. The second kappa shape index (κ2) is 7.82. The van der Waals surface area contributed by atoms with Crippen LogP contribution in [0.3, 0.4) is 0 Å². The SMILES string of the molecule is CC(=O)N1CCC(C(=O)Nc2nc3c(s2)C[C@@]2(C)CC[C@@H]4[C@@H](OC(=O)[C@H]4C)[C@H]2[C@H]3C)CC1. The number of hydrogen-bond acceptors (Lipinski definition) is 6. The van der Waals surface area contributed by atoms with E-state index in [9.17, 15) is 14.4 Å². The maximum Gasteiger partial charge on any atom is 0.309 e. The minimum atomic E-state index is -0.0794. The highest BCUT2D eigenvalue weighted by atomic mass is 32.1. The molecule has 32 heavy (non-hydrogen) atoms. The minimum absolute atomic E-state index is 0.00851. The molecule has 0 radical (unpaired) electrons. The van der Waals surface area contributed by atoms with Crippen LogP contribution in [0.1, 0.15) is 69.9 Å². The number of rotatable bonds is 2. The van der Waals surface area contributed by atoms with Crippen molar-refractivity contribution in [3.63, 3.8) is 0 Å². The monoisotopic (exact) mass is 459 g/mol. The maximum absolute atomic E-state index is 12.9.